The summed E-state index contributed by atoms with van der Waals surface area (Å²) in [7, 11) is 2.79. The van der Waals surface area contributed by atoms with E-state index in [0.29, 0.717) is 11.3 Å². The Labute approximate surface area is 138 Å². The Balaban J connectivity index is 2.56. The zero-order chi connectivity index (χ0) is 18.1. The van der Waals surface area contributed by atoms with Crippen LogP contribution in [0.5, 0.6) is 5.75 Å². The van der Waals surface area contributed by atoms with Crippen LogP contribution in [-0.4, -0.2) is 48.2 Å². The Morgan fingerprint density at radius 3 is 2.58 bits per heavy atom. The number of non-ortho nitro benzene ring substituents is 1. The lowest BCUT2D eigenvalue weighted by atomic mass is 9.84. The highest BCUT2D eigenvalue weighted by Crippen LogP contribution is 2.43. The number of fused-ring (bicyclic) bond motifs is 1. The molecule has 132 valence electrons. The van der Waals surface area contributed by atoms with E-state index in [4.69, 9.17) is 14.2 Å². The Kier molecular flexibility index (Phi) is 5.07. The molecule has 0 saturated carbocycles. The van der Waals surface area contributed by atoms with Crippen molar-refractivity contribution in [2.75, 3.05) is 14.2 Å². The molecular weight excluding hydrogens is 320 g/mol. The zero-order valence-electron chi connectivity index (χ0n) is 13.8. The largest absolute Gasteiger partial charge is 0.479 e. The molecule has 2 rings (SSSR count). The highest BCUT2D eigenvalue weighted by atomic mass is 16.7. The van der Waals surface area contributed by atoms with Crippen LogP contribution in [0.2, 0.25) is 0 Å². The van der Waals surface area contributed by atoms with Gasteiger partial charge in [-0.25, -0.2) is 0 Å². The molecule has 1 heterocycles. The predicted octanol–water partition coefficient (Wildman–Crippen LogP) is 0.903. The van der Waals surface area contributed by atoms with Crippen LogP contribution in [0, 0.1) is 10.1 Å². The molecule has 0 radical (unpaired) electrons. The van der Waals surface area contributed by atoms with E-state index in [1.807, 2.05) is 0 Å². The van der Waals surface area contributed by atoms with Crippen molar-refractivity contribution in [2.24, 2.45) is 0 Å². The predicted molar refractivity (Wildman–Crippen MR) is 82.5 cm³/mol. The molecule has 0 saturated heterocycles. The Morgan fingerprint density at radius 1 is 1.46 bits per heavy atom. The quantitative estimate of drug-likeness (QED) is 0.464. The van der Waals surface area contributed by atoms with Crippen LogP contribution in [0.15, 0.2) is 18.2 Å². The minimum Gasteiger partial charge on any atom is -0.479 e. The average Bonchev–Trinajstić information content (AvgIpc) is 2.52. The van der Waals surface area contributed by atoms with Gasteiger partial charge >= 0.3 is 0 Å². The van der Waals surface area contributed by atoms with Crippen molar-refractivity contribution in [3.05, 3.63) is 33.9 Å². The van der Waals surface area contributed by atoms with Gasteiger partial charge in [0.2, 0.25) is 5.91 Å². The molecule has 0 fully saturated rings. The number of hydrogen-bond acceptors (Lipinski definition) is 7. The summed E-state index contributed by atoms with van der Waals surface area (Å²) in [5.41, 5.74) is -1.19. The second-order valence-corrected chi connectivity index (χ2v) is 5.69. The van der Waals surface area contributed by atoms with Crippen LogP contribution >= 0.6 is 0 Å². The average molecular weight is 340 g/mol. The van der Waals surface area contributed by atoms with E-state index in [9.17, 15) is 20.0 Å². The molecule has 1 aromatic carbocycles. The third kappa shape index (κ3) is 3.05. The van der Waals surface area contributed by atoms with Gasteiger partial charge in [-0.05, 0) is 13.0 Å². The number of carbonyl (C=O) groups excluding carboxylic acids is 1. The van der Waals surface area contributed by atoms with Crippen molar-refractivity contribution in [1.82, 2.24) is 5.32 Å². The van der Waals surface area contributed by atoms with Gasteiger partial charge in [0.25, 0.3) is 5.69 Å². The van der Waals surface area contributed by atoms with Crippen molar-refractivity contribution in [2.45, 2.75) is 37.9 Å². The van der Waals surface area contributed by atoms with Gasteiger partial charge in [0.1, 0.15) is 11.9 Å². The molecule has 0 aliphatic carbocycles. The van der Waals surface area contributed by atoms with Crippen molar-refractivity contribution >= 4 is 11.6 Å². The molecule has 3 atom stereocenters. The van der Waals surface area contributed by atoms with Crippen LogP contribution in [0.3, 0.4) is 0 Å². The second-order valence-electron chi connectivity index (χ2n) is 5.69. The number of nitrogens with zero attached hydrogens (tertiary/aromatic N) is 1. The van der Waals surface area contributed by atoms with E-state index in [-0.39, 0.29) is 5.69 Å². The van der Waals surface area contributed by atoms with Crippen molar-refractivity contribution in [3.63, 3.8) is 0 Å². The number of nitro benzene ring substituents is 1. The van der Waals surface area contributed by atoms with Crippen LogP contribution in [0.1, 0.15) is 25.5 Å². The van der Waals surface area contributed by atoms with E-state index in [0.717, 1.165) is 0 Å². The van der Waals surface area contributed by atoms with Crippen molar-refractivity contribution in [1.29, 1.82) is 0 Å². The summed E-state index contributed by atoms with van der Waals surface area (Å²) in [6.45, 7) is 2.87. The Hall–Kier alpha value is -2.23. The molecular formula is C15H20N2O7. The monoisotopic (exact) mass is 340 g/mol. The molecule has 0 aromatic heterocycles. The first-order valence-corrected chi connectivity index (χ1v) is 7.22. The highest BCUT2D eigenvalue weighted by Gasteiger charge is 2.52. The first kappa shape index (κ1) is 18.1. The molecule has 1 aromatic rings. The normalized spacial score (nSPS) is 25.8. The maximum Gasteiger partial charge on any atom is 0.270 e. The molecule has 0 spiro atoms. The van der Waals surface area contributed by atoms with E-state index in [1.165, 1.54) is 39.3 Å². The summed E-state index contributed by atoms with van der Waals surface area (Å²) in [6.07, 6.45) is -2.19. The molecule has 24 heavy (non-hydrogen) atoms. The van der Waals surface area contributed by atoms with Crippen LogP contribution in [0.25, 0.3) is 0 Å². The van der Waals surface area contributed by atoms with Crippen molar-refractivity contribution < 1.29 is 29.0 Å². The number of benzene rings is 1. The third-order valence-corrected chi connectivity index (χ3v) is 4.03. The smallest absolute Gasteiger partial charge is 0.270 e. The highest BCUT2D eigenvalue weighted by molar-refractivity contribution is 5.74. The number of aliphatic hydroxyl groups excluding tert-OH is 1. The number of nitrogens with one attached hydrogen (secondary N) is 1. The lowest BCUT2D eigenvalue weighted by molar-refractivity contribution is -0.385. The van der Waals surface area contributed by atoms with Crippen molar-refractivity contribution in [3.8, 4) is 5.75 Å². The number of rotatable bonds is 5. The maximum atomic E-state index is 11.5. The van der Waals surface area contributed by atoms with E-state index in [2.05, 4.69) is 5.32 Å². The number of aliphatic hydroxyl groups is 1. The second kappa shape index (κ2) is 6.71. The van der Waals surface area contributed by atoms with Gasteiger partial charge in [0.15, 0.2) is 11.9 Å². The van der Waals surface area contributed by atoms with Crippen LogP contribution in [-0.2, 0) is 14.3 Å². The number of hydrogen-bond donors (Lipinski definition) is 2. The Morgan fingerprint density at radius 2 is 2.08 bits per heavy atom. The molecule has 9 heteroatoms. The number of ether oxygens (including phenoxy) is 3. The van der Waals surface area contributed by atoms with Gasteiger partial charge in [-0.2, -0.15) is 0 Å². The van der Waals surface area contributed by atoms with E-state index >= 15 is 0 Å². The summed E-state index contributed by atoms with van der Waals surface area (Å²) in [4.78, 5) is 22.0. The zero-order valence-corrected chi connectivity index (χ0v) is 13.8. The van der Waals surface area contributed by atoms with Gasteiger partial charge in [-0.1, -0.05) is 0 Å². The summed E-state index contributed by atoms with van der Waals surface area (Å²) in [6, 6.07) is 3.07. The maximum absolute atomic E-state index is 11.5. The summed E-state index contributed by atoms with van der Waals surface area (Å²) < 4.78 is 16.3. The Bertz CT molecular complexity index is 647. The number of amides is 1. The van der Waals surface area contributed by atoms with Gasteiger partial charge in [-0.15, -0.1) is 0 Å². The number of methoxy groups -OCH3 is 2. The van der Waals surface area contributed by atoms with E-state index < -0.39 is 34.9 Å². The van der Waals surface area contributed by atoms with Gasteiger partial charge in [0.05, 0.1) is 11.0 Å². The van der Waals surface area contributed by atoms with Gasteiger partial charge in [-0.3, -0.25) is 14.9 Å². The van der Waals surface area contributed by atoms with Crippen LogP contribution in [0.4, 0.5) is 5.69 Å². The lowest BCUT2D eigenvalue weighted by Crippen LogP contribution is -2.62. The molecule has 9 nitrogen and oxygen atoms in total. The van der Waals surface area contributed by atoms with Gasteiger partial charge < -0.3 is 24.6 Å². The number of carbonyl (C=O) groups is 1. The fourth-order valence-electron chi connectivity index (χ4n) is 2.91. The molecule has 1 aliphatic heterocycles. The molecule has 2 N–H and O–H groups in total. The molecule has 0 unspecified atom stereocenters. The number of nitro groups is 1. The fourth-order valence-corrected chi connectivity index (χ4v) is 2.91. The topological polar surface area (TPSA) is 120 Å². The first-order chi connectivity index (χ1) is 11.2. The van der Waals surface area contributed by atoms with Crippen LogP contribution < -0.4 is 10.1 Å². The minimum atomic E-state index is -1.33. The standard InChI is InChI=1S/C15H20N2O7/c1-8(18)16-12-10-7-9(17(20)21)5-6-11(10)24-15(2,13(12)19)14(22-3)23-4/h5-7,12-14,19H,1-4H3,(H,16,18)/t12-,13-,15-/m1/s1. The summed E-state index contributed by atoms with van der Waals surface area (Å²) in [5, 5.41) is 24.4. The molecule has 1 amide bonds. The van der Waals surface area contributed by atoms with E-state index in [1.54, 1.807) is 6.92 Å². The lowest BCUT2D eigenvalue weighted by Gasteiger charge is -2.46. The summed E-state index contributed by atoms with van der Waals surface area (Å²) in [5.74, 6) is -0.0987. The molecule has 1 aliphatic rings. The minimum absolute atomic E-state index is 0.168. The molecule has 0 bridgehead atoms. The first-order valence-electron chi connectivity index (χ1n) is 7.22. The summed E-state index contributed by atoms with van der Waals surface area (Å²) >= 11 is 0. The van der Waals surface area contributed by atoms with Gasteiger partial charge in [0, 0.05) is 38.8 Å². The SMILES string of the molecule is COC(OC)[C@]1(C)Oc2ccc([N+](=O)[O-])cc2[C@@H](NC(C)=O)[C@H]1O. The third-order valence-electron chi connectivity index (χ3n) is 4.03. The fraction of sp³-hybridized carbons (Fsp3) is 0.533.